The second kappa shape index (κ2) is 4.53. The molecule has 1 atom stereocenters. The number of carbonyl (C=O) groups is 1. The minimum Gasteiger partial charge on any atom is -0.465 e. The lowest BCUT2D eigenvalue weighted by atomic mass is 9.97. The molecule has 86 valence electrons. The highest BCUT2D eigenvalue weighted by Crippen LogP contribution is 2.27. The fraction of sp³-hybridized carbons (Fsp3) is 0.417. The Morgan fingerprint density at radius 2 is 2.31 bits per heavy atom. The molecule has 4 nitrogen and oxygen atoms in total. The Morgan fingerprint density at radius 3 is 2.94 bits per heavy atom. The zero-order chi connectivity index (χ0) is 11.5. The normalized spacial score (nSPS) is 20.1. The summed E-state index contributed by atoms with van der Waals surface area (Å²) in [6, 6.07) is 7.73. The van der Waals surface area contributed by atoms with Crippen LogP contribution in [-0.4, -0.2) is 34.3 Å². The van der Waals surface area contributed by atoms with Gasteiger partial charge >= 0.3 is 6.09 Å². The predicted octanol–water partition coefficient (Wildman–Crippen LogP) is 1.65. The van der Waals surface area contributed by atoms with E-state index in [-0.39, 0.29) is 12.5 Å². The van der Waals surface area contributed by atoms with Crippen LogP contribution in [0.15, 0.2) is 24.3 Å². The predicted molar refractivity (Wildman–Crippen MR) is 59.3 cm³/mol. The highest BCUT2D eigenvalue weighted by atomic mass is 16.4. The number of amides is 1. The Bertz CT molecular complexity index is 392. The van der Waals surface area contributed by atoms with Gasteiger partial charge in [0.25, 0.3) is 0 Å². The maximum atomic E-state index is 10.8. The highest BCUT2D eigenvalue weighted by Gasteiger charge is 2.26. The van der Waals surface area contributed by atoms with Crippen molar-refractivity contribution in [2.45, 2.75) is 18.9 Å². The summed E-state index contributed by atoms with van der Waals surface area (Å²) in [6.07, 6.45) is 0.0158. The number of benzene rings is 1. The summed E-state index contributed by atoms with van der Waals surface area (Å²) in [4.78, 5) is 12.2. The first-order valence-corrected chi connectivity index (χ1v) is 5.38. The van der Waals surface area contributed by atoms with Crippen molar-refractivity contribution in [1.29, 1.82) is 0 Å². The Hall–Kier alpha value is -1.55. The number of carboxylic acid groups (broad SMARTS) is 1. The number of rotatable bonds is 2. The molecule has 1 aliphatic rings. The van der Waals surface area contributed by atoms with Crippen molar-refractivity contribution in [2.75, 3.05) is 13.1 Å². The van der Waals surface area contributed by atoms with Crippen molar-refractivity contribution in [3.8, 4) is 0 Å². The molecule has 1 aliphatic heterocycles. The smallest absolute Gasteiger partial charge is 0.407 e. The van der Waals surface area contributed by atoms with Crippen LogP contribution < -0.4 is 0 Å². The summed E-state index contributed by atoms with van der Waals surface area (Å²) in [6.45, 7) is 1.19. The maximum Gasteiger partial charge on any atom is 0.407 e. The van der Waals surface area contributed by atoms with Crippen LogP contribution in [0.3, 0.4) is 0 Å². The minimum atomic E-state index is -0.846. The van der Waals surface area contributed by atoms with Crippen molar-refractivity contribution in [1.82, 2.24) is 4.90 Å². The molecular formula is C12H15NO3. The van der Waals surface area contributed by atoms with E-state index in [1.807, 2.05) is 24.3 Å². The molecule has 1 unspecified atom stereocenters. The van der Waals surface area contributed by atoms with E-state index in [0.29, 0.717) is 13.1 Å². The monoisotopic (exact) mass is 221 g/mol. The van der Waals surface area contributed by atoms with Crippen LogP contribution in [0.2, 0.25) is 0 Å². The van der Waals surface area contributed by atoms with Crippen LogP contribution in [0.5, 0.6) is 0 Å². The number of likely N-dealkylation sites (tertiary alicyclic amines) is 1. The van der Waals surface area contributed by atoms with Gasteiger partial charge in [-0.3, -0.25) is 0 Å². The lowest BCUT2D eigenvalue weighted by molar-refractivity contribution is 0.155. The minimum absolute atomic E-state index is 0.0310. The number of hydrogen-bond acceptors (Lipinski definition) is 2. The van der Waals surface area contributed by atoms with E-state index in [0.717, 1.165) is 17.5 Å². The maximum absolute atomic E-state index is 10.8. The fourth-order valence-electron chi connectivity index (χ4n) is 2.15. The van der Waals surface area contributed by atoms with E-state index >= 15 is 0 Å². The van der Waals surface area contributed by atoms with Gasteiger partial charge in [-0.25, -0.2) is 4.79 Å². The van der Waals surface area contributed by atoms with Gasteiger partial charge in [-0.2, -0.15) is 0 Å². The van der Waals surface area contributed by atoms with Crippen LogP contribution in [0, 0.1) is 0 Å². The third-order valence-electron chi connectivity index (χ3n) is 3.06. The largest absolute Gasteiger partial charge is 0.465 e. The van der Waals surface area contributed by atoms with E-state index in [1.165, 1.54) is 4.90 Å². The third-order valence-corrected chi connectivity index (χ3v) is 3.06. The standard InChI is InChI=1S/C12H15NO3/c14-8-9-2-1-3-10(6-9)11-4-5-13(7-11)12(15)16/h1-3,6,11,14H,4-5,7-8H2,(H,15,16). The topological polar surface area (TPSA) is 60.8 Å². The van der Waals surface area contributed by atoms with Crippen molar-refractivity contribution in [3.05, 3.63) is 35.4 Å². The molecule has 1 saturated heterocycles. The fourth-order valence-corrected chi connectivity index (χ4v) is 2.15. The molecule has 4 heteroatoms. The average molecular weight is 221 g/mol. The van der Waals surface area contributed by atoms with Crippen LogP contribution in [-0.2, 0) is 6.61 Å². The molecule has 1 aromatic rings. The summed E-state index contributed by atoms with van der Waals surface area (Å²) >= 11 is 0. The Balaban J connectivity index is 2.11. The molecule has 0 bridgehead atoms. The molecule has 1 amide bonds. The number of hydrogen-bond donors (Lipinski definition) is 2. The van der Waals surface area contributed by atoms with Gasteiger partial charge in [0.1, 0.15) is 0 Å². The summed E-state index contributed by atoms with van der Waals surface area (Å²) in [5.41, 5.74) is 2.00. The Morgan fingerprint density at radius 1 is 1.50 bits per heavy atom. The molecule has 0 radical (unpaired) electrons. The number of aliphatic hydroxyl groups excluding tert-OH is 1. The average Bonchev–Trinajstić information content (AvgIpc) is 2.78. The Labute approximate surface area is 94.1 Å². The second-order valence-electron chi connectivity index (χ2n) is 4.12. The van der Waals surface area contributed by atoms with Crippen molar-refractivity contribution >= 4 is 6.09 Å². The summed E-state index contributed by atoms with van der Waals surface area (Å²) in [5, 5.41) is 17.9. The van der Waals surface area contributed by atoms with Gasteiger partial charge in [-0.1, -0.05) is 24.3 Å². The van der Waals surface area contributed by atoms with Gasteiger partial charge in [-0.15, -0.1) is 0 Å². The van der Waals surface area contributed by atoms with Crippen molar-refractivity contribution in [2.24, 2.45) is 0 Å². The number of nitrogens with zero attached hydrogens (tertiary/aromatic N) is 1. The van der Waals surface area contributed by atoms with Gasteiger partial charge in [0.15, 0.2) is 0 Å². The van der Waals surface area contributed by atoms with Gasteiger partial charge in [0.05, 0.1) is 6.61 Å². The van der Waals surface area contributed by atoms with E-state index in [4.69, 9.17) is 10.2 Å². The summed E-state index contributed by atoms with van der Waals surface area (Å²) in [7, 11) is 0. The van der Waals surface area contributed by atoms with Gasteiger partial charge in [-0.05, 0) is 17.5 Å². The molecule has 1 heterocycles. The van der Waals surface area contributed by atoms with Crippen LogP contribution in [0.25, 0.3) is 0 Å². The zero-order valence-corrected chi connectivity index (χ0v) is 8.97. The quantitative estimate of drug-likeness (QED) is 0.798. The van der Waals surface area contributed by atoms with Gasteiger partial charge < -0.3 is 15.1 Å². The number of aliphatic hydroxyl groups is 1. The van der Waals surface area contributed by atoms with Gasteiger partial charge in [0, 0.05) is 19.0 Å². The molecule has 0 spiro atoms. The molecule has 2 N–H and O–H groups in total. The molecule has 16 heavy (non-hydrogen) atoms. The second-order valence-corrected chi connectivity index (χ2v) is 4.12. The first kappa shape index (κ1) is 11.0. The third kappa shape index (κ3) is 2.17. The SMILES string of the molecule is O=C(O)N1CCC(c2cccc(CO)c2)C1. The van der Waals surface area contributed by atoms with Crippen LogP contribution >= 0.6 is 0 Å². The van der Waals surface area contributed by atoms with E-state index in [1.54, 1.807) is 0 Å². The van der Waals surface area contributed by atoms with Crippen LogP contribution in [0.4, 0.5) is 4.79 Å². The molecular weight excluding hydrogens is 206 g/mol. The summed E-state index contributed by atoms with van der Waals surface area (Å²) < 4.78 is 0. The van der Waals surface area contributed by atoms with E-state index in [9.17, 15) is 4.79 Å². The van der Waals surface area contributed by atoms with Gasteiger partial charge in [0.2, 0.25) is 0 Å². The molecule has 0 saturated carbocycles. The molecule has 2 rings (SSSR count). The van der Waals surface area contributed by atoms with Crippen LogP contribution in [0.1, 0.15) is 23.5 Å². The van der Waals surface area contributed by atoms with Crippen molar-refractivity contribution < 1.29 is 15.0 Å². The molecule has 0 aliphatic carbocycles. The zero-order valence-electron chi connectivity index (χ0n) is 8.97. The molecule has 1 fully saturated rings. The summed E-state index contributed by atoms with van der Waals surface area (Å²) in [5.74, 6) is 0.266. The lowest BCUT2D eigenvalue weighted by Crippen LogP contribution is -2.26. The highest BCUT2D eigenvalue weighted by molar-refractivity contribution is 5.65. The van der Waals surface area contributed by atoms with E-state index in [2.05, 4.69) is 0 Å². The molecule has 1 aromatic carbocycles. The lowest BCUT2D eigenvalue weighted by Gasteiger charge is -2.13. The first-order valence-electron chi connectivity index (χ1n) is 5.38. The molecule has 0 aromatic heterocycles. The first-order chi connectivity index (χ1) is 7.70. The van der Waals surface area contributed by atoms with Crippen molar-refractivity contribution in [3.63, 3.8) is 0 Å². The Kier molecular flexibility index (Phi) is 3.10. The van der Waals surface area contributed by atoms with E-state index < -0.39 is 6.09 Å².